The number of carbonyl (C=O) groups excluding carboxylic acids is 2. The number of hydrogen-bond acceptors (Lipinski definition) is 7. The van der Waals surface area contributed by atoms with Crippen molar-refractivity contribution in [3.05, 3.63) is 84.1 Å². The number of imide groups is 1. The number of rotatable bonds is 7. The Morgan fingerprint density at radius 1 is 1.00 bits per heavy atom. The molecular formula is C25H23N3O5. The minimum absolute atomic E-state index is 0.0181. The Kier molecular flexibility index (Phi) is 8.11. The molecule has 0 aliphatic heterocycles. The summed E-state index contributed by atoms with van der Waals surface area (Å²) in [4.78, 5) is 30.9. The van der Waals surface area contributed by atoms with Gasteiger partial charge in [-0.25, -0.2) is 14.6 Å². The average Bonchev–Trinajstić information content (AvgIpc) is 2.81. The van der Waals surface area contributed by atoms with Crippen LogP contribution in [-0.2, 0) is 11.2 Å². The summed E-state index contributed by atoms with van der Waals surface area (Å²) in [5.74, 6) is 0.582. The largest absolute Gasteiger partial charge is 0.430 e. The second-order valence-electron chi connectivity index (χ2n) is 7.27. The molecule has 0 saturated heterocycles. The number of ether oxygens (including phenoxy) is 3. The molecule has 0 saturated carbocycles. The number of methoxy groups -OCH3 is 1. The van der Waals surface area contributed by atoms with Gasteiger partial charge in [0.05, 0.1) is 5.56 Å². The normalized spacial score (nSPS) is 11.2. The number of anilines is 1. The van der Waals surface area contributed by atoms with Gasteiger partial charge in [-0.1, -0.05) is 43.3 Å². The summed E-state index contributed by atoms with van der Waals surface area (Å²) in [6, 6.07) is 20.3. The highest BCUT2D eigenvalue weighted by Crippen LogP contribution is 2.23. The topological polar surface area (TPSA) is 102 Å². The van der Waals surface area contributed by atoms with Crippen LogP contribution in [0.2, 0.25) is 0 Å². The number of carbonyl (C=O) groups is 2. The highest BCUT2D eigenvalue weighted by Gasteiger charge is 2.30. The van der Waals surface area contributed by atoms with Gasteiger partial charge in [0.1, 0.15) is 23.4 Å². The van der Waals surface area contributed by atoms with Crippen LogP contribution < -0.4 is 14.4 Å². The van der Waals surface area contributed by atoms with E-state index in [0.29, 0.717) is 29.1 Å². The quantitative estimate of drug-likeness (QED) is 0.505. The van der Waals surface area contributed by atoms with Crippen molar-refractivity contribution in [1.29, 1.82) is 5.26 Å². The molecule has 0 bridgehead atoms. The molecule has 0 spiro atoms. The number of aromatic nitrogens is 1. The third-order valence-electron chi connectivity index (χ3n) is 4.61. The van der Waals surface area contributed by atoms with Crippen LogP contribution >= 0.6 is 0 Å². The van der Waals surface area contributed by atoms with Crippen molar-refractivity contribution in [2.75, 3.05) is 18.6 Å². The van der Waals surface area contributed by atoms with Gasteiger partial charge in [-0.05, 0) is 48.2 Å². The van der Waals surface area contributed by atoms with Crippen LogP contribution in [0.5, 0.6) is 11.5 Å². The third kappa shape index (κ3) is 6.38. The van der Waals surface area contributed by atoms with E-state index in [1.165, 1.54) is 12.3 Å². The fourth-order valence-corrected chi connectivity index (χ4v) is 3.13. The van der Waals surface area contributed by atoms with Gasteiger partial charge in [-0.2, -0.15) is 10.2 Å². The summed E-state index contributed by atoms with van der Waals surface area (Å²) in [7, 11) is 1.60. The zero-order chi connectivity index (χ0) is 23.6. The predicted octanol–water partition coefficient (Wildman–Crippen LogP) is 4.98. The summed E-state index contributed by atoms with van der Waals surface area (Å²) in [6.45, 7) is 2.45. The summed E-state index contributed by atoms with van der Waals surface area (Å²) in [6.07, 6.45) is -0.171. The molecule has 1 heterocycles. The van der Waals surface area contributed by atoms with E-state index in [0.717, 1.165) is 0 Å². The van der Waals surface area contributed by atoms with Crippen molar-refractivity contribution in [1.82, 2.24) is 4.98 Å². The predicted molar refractivity (Wildman–Crippen MR) is 121 cm³/mol. The molecule has 1 aromatic heterocycles. The standard InChI is InChI=1S/C25H23N3O5/c1-18(17-31-2)13-19-14-23(27-16-20(19)15-26)28(24(29)32-21-9-5-3-6-10-21)25(30)33-22-11-7-4-8-12-22/h3-12,14,16,18H,13,17H2,1-2H3/t18-/m0/s1. The average molecular weight is 445 g/mol. The van der Waals surface area contributed by atoms with Crippen molar-refractivity contribution in [3.63, 3.8) is 0 Å². The van der Waals surface area contributed by atoms with E-state index in [1.54, 1.807) is 67.8 Å². The van der Waals surface area contributed by atoms with E-state index in [-0.39, 0.29) is 23.2 Å². The number of benzene rings is 2. The first-order valence-electron chi connectivity index (χ1n) is 10.2. The lowest BCUT2D eigenvalue weighted by Crippen LogP contribution is -2.41. The molecule has 3 aromatic rings. The maximum absolute atomic E-state index is 13.0. The highest BCUT2D eigenvalue weighted by molar-refractivity contribution is 6.09. The summed E-state index contributed by atoms with van der Waals surface area (Å²) >= 11 is 0. The molecule has 8 heteroatoms. The molecule has 0 unspecified atom stereocenters. The zero-order valence-corrected chi connectivity index (χ0v) is 18.3. The fraction of sp³-hybridized carbons (Fsp3) is 0.200. The summed E-state index contributed by atoms with van der Waals surface area (Å²) < 4.78 is 15.9. The van der Waals surface area contributed by atoms with Gasteiger partial charge >= 0.3 is 12.2 Å². The van der Waals surface area contributed by atoms with E-state index < -0.39 is 12.2 Å². The molecule has 2 amide bonds. The van der Waals surface area contributed by atoms with Gasteiger partial charge in [0, 0.05) is 19.9 Å². The van der Waals surface area contributed by atoms with E-state index in [1.807, 2.05) is 6.92 Å². The van der Waals surface area contributed by atoms with Crippen LogP contribution in [0.25, 0.3) is 0 Å². The van der Waals surface area contributed by atoms with Crippen LogP contribution in [0.3, 0.4) is 0 Å². The Bertz CT molecular complexity index is 1080. The molecule has 0 N–H and O–H groups in total. The summed E-state index contributed by atoms with van der Waals surface area (Å²) in [5, 5.41) is 9.48. The van der Waals surface area contributed by atoms with Crippen molar-refractivity contribution in [3.8, 4) is 17.6 Å². The van der Waals surface area contributed by atoms with Gasteiger partial charge in [0.2, 0.25) is 0 Å². The molecule has 3 rings (SSSR count). The van der Waals surface area contributed by atoms with Gasteiger partial charge in [0.15, 0.2) is 0 Å². The number of para-hydroxylation sites is 2. The Hall–Kier alpha value is -4.22. The first-order chi connectivity index (χ1) is 16.0. The lowest BCUT2D eigenvalue weighted by Gasteiger charge is -2.20. The second kappa shape index (κ2) is 11.4. The Balaban J connectivity index is 1.96. The maximum Gasteiger partial charge on any atom is 0.430 e. The van der Waals surface area contributed by atoms with E-state index >= 15 is 0 Å². The van der Waals surface area contributed by atoms with Crippen LogP contribution in [0, 0.1) is 17.2 Å². The Morgan fingerprint density at radius 2 is 1.55 bits per heavy atom. The van der Waals surface area contributed by atoms with Crippen LogP contribution in [-0.4, -0.2) is 30.9 Å². The van der Waals surface area contributed by atoms with Crippen LogP contribution in [0.15, 0.2) is 72.9 Å². The molecule has 168 valence electrons. The number of pyridine rings is 1. The number of amides is 2. The van der Waals surface area contributed by atoms with Gasteiger partial charge in [-0.15, -0.1) is 0 Å². The van der Waals surface area contributed by atoms with E-state index in [2.05, 4.69) is 11.1 Å². The van der Waals surface area contributed by atoms with Crippen molar-refractivity contribution in [2.45, 2.75) is 13.3 Å². The molecular weight excluding hydrogens is 422 g/mol. The molecule has 2 aromatic carbocycles. The molecule has 0 fully saturated rings. The lowest BCUT2D eigenvalue weighted by atomic mass is 9.99. The van der Waals surface area contributed by atoms with Crippen molar-refractivity contribution in [2.24, 2.45) is 5.92 Å². The highest BCUT2D eigenvalue weighted by atomic mass is 16.6. The second-order valence-corrected chi connectivity index (χ2v) is 7.27. The monoisotopic (exact) mass is 445 g/mol. The molecule has 33 heavy (non-hydrogen) atoms. The Labute approximate surface area is 192 Å². The van der Waals surface area contributed by atoms with Gasteiger partial charge in [-0.3, -0.25) is 0 Å². The van der Waals surface area contributed by atoms with E-state index in [9.17, 15) is 14.9 Å². The molecule has 1 atom stereocenters. The number of nitrogens with zero attached hydrogens (tertiary/aromatic N) is 3. The lowest BCUT2D eigenvalue weighted by molar-refractivity contribution is 0.159. The first-order valence-corrected chi connectivity index (χ1v) is 10.2. The zero-order valence-electron chi connectivity index (χ0n) is 18.3. The minimum atomic E-state index is -0.991. The number of hydrogen-bond donors (Lipinski definition) is 0. The van der Waals surface area contributed by atoms with Gasteiger partial charge < -0.3 is 14.2 Å². The minimum Gasteiger partial charge on any atom is -0.410 e. The number of nitriles is 1. The molecule has 0 aliphatic rings. The van der Waals surface area contributed by atoms with Crippen LogP contribution in [0.4, 0.5) is 15.4 Å². The first kappa shape index (κ1) is 23.4. The summed E-state index contributed by atoms with van der Waals surface area (Å²) in [5.41, 5.74) is 0.964. The molecule has 8 nitrogen and oxygen atoms in total. The SMILES string of the molecule is COC[C@@H](C)Cc1cc(N(C(=O)Oc2ccccc2)C(=O)Oc2ccccc2)ncc1C#N. The molecule has 0 aliphatic carbocycles. The van der Waals surface area contributed by atoms with E-state index in [4.69, 9.17) is 14.2 Å². The smallest absolute Gasteiger partial charge is 0.410 e. The van der Waals surface area contributed by atoms with Crippen molar-refractivity contribution >= 4 is 18.0 Å². The van der Waals surface area contributed by atoms with Crippen LogP contribution in [0.1, 0.15) is 18.1 Å². The fourth-order valence-electron chi connectivity index (χ4n) is 3.13. The Morgan fingerprint density at radius 3 is 2.03 bits per heavy atom. The molecule has 0 radical (unpaired) electrons. The maximum atomic E-state index is 13.0. The van der Waals surface area contributed by atoms with Crippen molar-refractivity contribution < 1.29 is 23.8 Å². The van der Waals surface area contributed by atoms with Gasteiger partial charge in [0.25, 0.3) is 0 Å². The third-order valence-corrected chi connectivity index (χ3v) is 4.61.